The maximum absolute atomic E-state index is 5.88. The molecule has 0 fully saturated rings. The van der Waals surface area contributed by atoms with Crippen molar-refractivity contribution in [3.8, 4) is 11.4 Å². The first kappa shape index (κ1) is 15.4. The van der Waals surface area contributed by atoms with E-state index in [1.165, 1.54) is 21.9 Å². The van der Waals surface area contributed by atoms with Crippen LogP contribution in [-0.4, -0.2) is 15.0 Å². The van der Waals surface area contributed by atoms with Gasteiger partial charge in [-0.1, -0.05) is 41.6 Å². The maximum atomic E-state index is 5.88. The van der Waals surface area contributed by atoms with Gasteiger partial charge >= 0.3 is 0 Å². The van der Waals surface area contributed by atoms with Crippen LogP contribution in [0.4, 0.5) is 0 Å². The summed E-state index contributed by atoms with van der Waals surface area (Å²) in [4.78, 5) is 0. The molecule has 0 aliphatic heterocycles. The lowest BCUT2D eigenvalue weighted by Gasteiger charge is -2.05. The smallest absolute Gasteiger partial charge is 0.134 e. The highest BCUT2D eigenvalue weighted by Crippen LogP contribution is 2.21. The predicted molar refractivity (Wildman–Crippen MR) is 99.1 cm³/mol. The van der Waals surface area contributed by atoms with Crippen LogP contribution in [0.15, 0.2) is 66.9 Å². The van der Waals surface area contributed by atoms with Gasteiger partial charge in [0, 0.05) is 0 Å². The Kier molecular flexibility index (Phi) is 3.94. The third-order valence-electron chi connectivity index (χ3n) is 4.40. The van der Waals surface area contributed by atoms with Gasteiger partial charge in [0.2, 0.25) is 0 Å². The minimum Gasteiger partial charge on any atom is -0.487 e. The minimum absolute atomic E-state index is 0.392. The SMILES string of the molecule is Cc1ccc(-n2cc(COc3ccc4ccccc4c3)nn2)cc1C. The summed E-state index contributed by atoms with van der Waals surface area (Å²) in [5, 5.41) is 10.8. The van der Waals surface area contributed by atoms with Crippen LogP contribution < -0.4 is 4.74 Å². The molecule has 124 valence electrons. The zero-order chi connectivity index (χ0) is 17.2. The van der Waals surface area contributed by atoms with Crippen molar-refractivity contribution in [2.75, 3.05) is 0 Å². The Morgan fingerprint density at radius 1 is 0.880 bits per heavy atom. The fourth-order valence-electron chi connectivity index (χ4n) is 2.77. The third kappa shape index (κ3) is 3.24. The molecule has 0 aliphatic rings. The summed E-state index contributed by atoms with van der Waals surface area (Å²) in [6.45, 7) is 4.59. The second-order valence-electron chi connectivity index (χ2n) is 6.22. The summed E-state index contributed by atoms with van der Waals surface area (Å²) >= 11 is 0. The van der Waals surface area contributed by atoms with Crippen molar-refractivity contribution in [2.45, 2.75) is 20.5 Å². The minimum atomic E-state index is 0.392. The Hall–Kier alpha value is -3.14. The fourth-order valence-corrected chi connectivity index (χ4v) is 2.77. The molecular formula is C21H19N3O. The largest absolute Gasteiger partial charge is 0.487 e. The van der Waals surface area contributed by atoms with Crippen molar-refractivity contribution < 1.29 is 4.74 Å². The van der Waals surface area contributed by atoms with Crippen molar-refractivity contribution in [1.82, 2.24) is 15.0 Å². The zero-order valence-corrected chi connectivity index (χ0v) is 14.3. The quantitative estimate of drug-likeness (QED) is 0.548. The van der Waals surface area contributed by atoms with Gasteiger partial charge in [-0.25, -0.2) is 4.68 Å². The normalized spacial score (nSPS) is 11.0. The molecule has 0 unspecified atom stereocenters. The summed E-state index contributed by atoms with van der Waals surface area (Å²) in [5.41, 5.74) is 4.31. The first-order valence-electron chi connectivity index (χ1n) is 8.29. The Bertz CT molecular complexity index is 1040. The maximum Gasteiger partial charge on any atom is 0.134 e. The van der Waals surface area contributed by atoms with E-state index >= 15 is 0 Å². The number of hydrogen-bond donors (Lipinski definition) is 0. The number of aryl methyl sites for hydroxylation is 2. The molecule has 0 bridgehead atoms. The van der Waals surface area contributed by atoms with Gasteiger partial charge in [0.25, 0.3) is 0 Å². The van der Waals surface area contributed by atoms with E-state index in [-0.39, 0.29) is 0 Å². The molecule has 0 N–H and O–H groups in total. The van der Waals surface area contributed by atoms with Crippen LogP contribution in [0.1, 0.15) is 16.8 Å². The number of fused-ring (bicyclic) bond motifs is 1. The van der Waals surface area contributed by atoms with Gasteiger partial charge in [0.1, 0.15) is 18.1 Å². The number of ether oxygens (including phenoxy) is 1. The molecule has 4 nitrogen and oxygen atoms in total. The topological polar surface area (TPSA) is 39.9 Å². The standard InChI is InChI=1S/C21H19N3O/c1-15-7-9-20(11-16(15)2)24-13-19(22-23-24)14-25-21-10-8-17-5-3-4-6-18(17)12-21/h3-13H,14H2,1-2H3. The van der Waals surface area contributed by atoms with E-state index in [4.69, 9.17) is 4.74 Å². The van der Waals surface area contributed by atoms with Gasteiger partial charge in [0.15, 0.2) is 0 Å². The molecule has 0 spiro atoms. The van der Waals surface area contributed by atoms with Crippen LogP contribution in [0.3, 0.4) is 0 Å². The second-order valence-corrected chi connectivity index (χ2v) is 6.22. The van der Waals surface area contributed by atoms with Crippen molar-refractivity contribution in [3.05, 3.63) is 83.7 Å². The fraction of sp³-hybridized carbons (Fsp3) is 0.143. The molecular weight excluding hydrogens is 310 g/mol. The van der Waals surface area contributed by atoms with Crippen molar-refractivity contribution in [3.63, 3.8) is 0 Å². The molecule has 0 saturated heterocycles. The first-order chi connectivity index (χ1) is 12.2. The third-order valence-corrected chi connectivity index (χ3v) is 4.40. The monoisotopic (exact) mass is 329 g/mol. The van der Waals surface area contributed by atoms with E-state index in [0.29, 0.717) is 6.61 Å². The van der Waals surface area contributed by atoms with E-state index in [2.05, 4.69) is 54.5 Å². The van der Waals surface area contributed by atoms with Crippen molar-refractivity contribution in [1.29, 1.82) is 0 Å². The molecule has 1 heterocycles. The van der Waals surface area contributed by atoms with Gasteiger partial charge in [-0.05, 0) is 60.0 Å². The van der Waals surface area contributed by atoms with Crippen LogP contribution in [0, 0.1) is 13.8 Å². The molecule has 4 heteroatoms. The average molecular weight is 329 g/mol. The van der Waals surface area contributed by atoms with Gasteiger partial charge in [-0.15, -0.1) is 5.10 Å². The Morgan fingerprint density at radius 2 is 1.72 bits per heavy atom. The molecule has 0 saturated carbocycles. The molecule has 0 atom stereocenters. The molecule has 25 heavy (non-hydrogen) atoms. The molecule has 4 aromatic rings. The van der Waals surface area contributed by atoms with E-state index in [1.807, 2.05) is 36.5 Å². The van der Waals surface area contributed by atoms with Gasteiger partial charge in [-0.3, -0.25) is 0 Å². The lowest BCUT2D eigenvalue weighted by Crippen LogP contribution is -1.96. The molecule has 1 aromatic heterocycles. The van der Waals surface area contributed by atoms with E-state index in [9.17, 15) is 0 Å². The highest BCUT2D eigenvalue weighted by molar-refractivity contribution is 5.83. The number of rotatable bonds is 4. The summed E-state index contributed by atoms with van der Waals surface area (Å²) < 4.78 is 7.66. The van der Waals surface area contributed by atoms with Gasteiger partial charge in [-0.2, -0.15) is 0 Å². The van der Waals surface area contributed by atoms with Gasteiger partial charge in [0.05, 0.1) is 11.9 Å². The number of aromatic nitrogens is 3. The first-order valence-corrected chi connectivity index (χ1v) is 8.29. The lowest BCUT2D eigenvalue weighted by molar-refractivity contribution is 0.301. The van der Waals surface area contributed by atoms with E-state index < -0.39 is 0 Å². The number of nitrogens with zero attached hydrogens (tertiary/aromatic N) is 3. The van der Waals surface area contributed by atoms with Crippen molar-refractivity contribution >= 4 is 10.8 Å². The summed E-state index contributed by atoms with van der Waals surface area (Å²) in [6, 6.07) is 20.6. The number of hydrogen-bond acceptors (Lipinski definition) is 3. The predicted octanol–water partition coefficient (Wildman–Crippen LogP) is 4.62. The van der Waals surface area contributed by atoms with Crippen LogP contribution in [0.25, 0.3) is 16.5 Å². The van der Waals surface area contributed by atoms with Crippen LogP contribution in [-0.2, 0) is 6.61 Å². The Labute approximate surface area is 146 Å². The van der Waals surface area contributed by atoms with Crippen LogP contribution >= 0.6 is 0 Å². The molecule has 4 rings (SSSR count). The highest BCUT2D eigenvalue weighted by atomic mass is 16.5. The molecule has 0 amide bonds. The zero-order valence-electron chi connectivity index (χ0n) is 14.3. The lowest BCUT2D eigenvalue weighted by atomic mass is 10.1. The van der Waals surface area contributed by atoms with Crippen LogP contribution in [0.2, 0.25) is 0 Å². The number of benzene rings is 3. The Morgan fingerprint density at radius 3 is 2.56 bits per heavy atom. The summed E-state index contributed by atoms with van der Waals surface area (Å²) in [7, 11) is 0. The molecule has 0 aliphatic carbocycles. The van der Waals surface area contributed by atoms with Gasteiger partial charge < -0.3 is 4.74 Å². The van der Waals surface area contributed by atoms with Crippen molar-refractivity contribution in [2.24, 2.45) is 0 Å². The van der Waals surface area contributed by atoms with E-state index in [0.717, 1.165) is 17.1 Å². The highest BCUT2D eigenvalue weighted by Gasteiger charge is 2.05. The van der Waals surface area contributed by atoms with Crippen LogP contribution in [0.5, 0.6) is 5.75 Å². The summed E-state index contributed by atoms with van der Waals surface area (Å²) in [5.74, 6) is 0.833. The average Bonchev–Trinajstić information content (AvgIpc) is 3.11. The molecule has 0 radical (unpaired) electrons. The Balaban J connectivity index is 1.49. The van der Waals surface area contributed by atoms with E-state index in [1.54, 1.807) is 4.68 Å². The second kappa shape index (κ2) is 6.40. The molecule has 3 aromatic carbocycles. The summed E-state index contributed by atoms with van der Waals surface area (Å²) in [6.07, 6.45) is 1.91.